The van der Waals surface area contributed by atoms with Crippen molar-refractivity contribution in [1.29, 1.82) is 0 Å². The maximum Gasteiger partial charge on any atom is 0.502 e. The summed E-state index contributed by atoms with van der Waals surface area (Å²) in [5.41, 5.74) is -6.23. The molecule has 2 atom stereocenters. The number of rotatable bonds is 3. The zero-order valence-corrected chi connectivity index (χ0v) is 15.5. The Kier molecular flexibility index (Phi) is 5.00. The highest BCUT2D eigenvalue weighted by Gasteiger charge is 2.55. The lowest BCUT2D eigenvalue weighted by molar-refractivity contribution is -0.0425. The van der Waals surface area contributed by atoms with Crippen LogP contribution < -0.4 is 10.4 Å². The van der Waals surface area contributed by atoms with Gasteiger partial charge in [-0.3, -0.25) is 0 Å². The third kappa shape index (κ3) is 3.56. The molecule has 148 valence electrons. The molecule has 0 aromatic heterocycles. The Hall–Kier alpha value is -1.68. The van der Waals surface area contributed by atoms with Gasteiger partial charge in [-0.05, 0) is 47.8 Å². The van der Waals surface area contributed by atoms with Crippen LogP contribution in [0.3, 0.4) is 0 Å². The largest absolute Gasteiger partial charge is 0.502 e. The summed E-state index contributed by atoms with van der Waals surface area (Å²) >= 11 is 0. The van der Waals surface area contributed by atoms with Crippen molar-refractivity contribution >= 4 is 31.8 Å². The van der Waals surface area contributed by atoms with Gasteiger partial charge in [0.2, 0.25) is 0 Å². The lowest BCUT2D eigenvalue weighted by atomic mass is 10.0. The molecule has 0 bridgehead atoms. The standard InChI is InChI=1S/C17H16F4O4S2/c18-14-7-8-15(10-14)26(22,23)16(27(24,25)17(19,20)21)13-6-5-11-3-1-2-4-12(11)9-13/h1-5,9,14-15H,6-8,10H2/b16-13+. The molecule has 1 saturated carbocycles. The fourth-order valence-electron chi connectivity index (χ4n) is 3.37. The number of allylic oxidation sites excluding steroid dienone is 1. The number of benzene rings is 1. The second-order valence-electron chi connectivity index (χ2n) is 6.52. The normalized spacial score (nSPS) is 25.3. The van der Waals surface area contributed by atoms with E-state index in [1.807, 2.05) is 0 Å². The number of hydrogen-bond donors (Lipinski definition) is 0. The minimum Gasteiger partial charge on any atom is -0.247 e. The van der Waals surface area contributed by atoms with Crippen LogP contribution in [0, 0.1) is 0 Å². The summed E-state index contributed by atoms with van der Waals surface area (Å²) in [6.07, 6.45) is 0.00346. The fraction of sp³-hybridized carbons (Fsp3) is 0.412. The number of hydrogen-bond acceptors (Lipinski definition) is 4. The Morgan fingerprint density at radius 1 is 1.00 bits per heavy atom. The molecule has 2 aliphatic carbocycles. The van der Waals surface area contributed by atoms with E-state index in [0.29, 0.717) is 10.4 Å². The Labute approximate surface area is 153 Å². The van der Waals surface area contributed by atoms with Gasteiger partial charge in [0.05, 0.1) is 5.25 Å². The second kappa shape index (κ2) is 6.73. The number of alkyl halides is 4. The first-order valence-electron chi connectivity index (χ1n) is 8.14. The van der Waals surface area contributed by atoms with E-state index in [2.05, 4.69) is 0 Å². The van der Waals surface area contributed by atoms with Gasteiger partial charge in [-0.1, -0.05) is 30.3 Å². The molecule has 0 spiro atoms. The zero-order chi connectivity index (χ0) is 20.0. The molecule has 2 aliphatic rings. The summed E-state index contributed by atoms with van der Waals surface area (Å²) in [5, 5.41) is -0.414. The summed E-state index contributed by atoms with van der Waals surface area (Å²) in [5.74, 6) is 0. The highest BCUT2D eigenvalue weighted by Crippen LogP contribution is 2.40. The van der Waals surface area contributed by atoms with Crippen LogP contribution in [0.2, 0.25) is 0 Å². The molecule has 4 nitrogen and oxygen atoms in total. The first-order chi connectivity index (χ1) is 12.4. The molecular formula is C17H16F4O4S2. The van der Waals surface area contributed by atoms with Crippen LogP contribution in [-0.4, -0.2) is 33.8 Å². The van der Waals surface area contributed by atoms with E-state index in [4.69, 9.17) is 0 Å². The van der Waals surface area contributed by atoms with E-state index < -0.39 is 52.8 Å². The van der Waals surface area contributed by atoms with Crippen molar-refractivity contribution in [1.82, 2.24) is 0 Å². The van der Waals surface area contributed by atoms with Crippen molar-refractivity contribution in [3.63, 3.8) is 0 Å². The highest BCUT2D eigenvalue weighted by atomic mass is 32.3. The lowest BCUT2D eigenvalue weighted by Gasteiger charge is -2.19. The molecule has 1 aromatic carbocycles. The van der Waals surface area contributed by atoms with Crippen LogP contribution in [0.25, 0.3) is 12.2 Å². The maximum atomic E-state index is 13.5. The molecule has 27 heavy (non-hydrogen) atoms. The van der Waals surface area contributed by atoms with Gasteiger partial charge in [0.25, 0.3) is 9.84 Å². The first kappa shape index (κ1) is 20.1. The van der Waals surface area contributed by atoms with Crippen molar-refractivity contribution in [2.75, 3.05) is 0 Å². The van der Waals surface area contributed by atoms with Gasteiger partial charge < -0.3 is 0 Å². The van der Waals surface area contributed by atoms with Gasteiger partial charge in [-0.15, -0.1) is 0 Å². The number of fused-ring (bicyclic) bond motifs is 1. The van der Waals surface area contributed by atoms with Gasteiger partial charge >= 0.3 is 5.51 Å². The van der Waals surface area contributed by atoms with Gasteiger partial charge in [0, 0.05) is 0 Å². The maximum absolute atomic E-state index is 13.5. The topological polar surface area (TPSA) is 68.3 Å². The molecule has 0 amide bonds. The Balaban J connectivity index is 2.29. The van der Waals surface area contributed by atoms with E-state index in [9.17, 15) is 34.4 Å². The Bertz CT molecular complexity index is 1120. The summed E-state index contributed by atoms with van der Waals surface area (Å²) in [4.78, 5) is 0. The van der Waals surface area contributed by atoms with Crippen LogP contribution in [0.5, 0.6) is 0 Å². The van der Waals surface area contributed by atoms with Gasteiger partial charge in [0.1, 0.15) is 6.17 Å². The minimum atomic E-state index is -6.14. The van der Waals surface area contributed by atoms with Crippen LogP contribution in [0.15, 0.2) is 34.1 Å². The zero-order valence-electron chi connectivity index (χ0n) is 13.9. The second-order valence-corrected chi connectivity index (χ2v) is 10.8. The van der Waals surface area contributed by atoms with E-state index in [1.165, 1.54) is 6.08 Å². The first-order valence-corrected chi connectivity index (χ1v) is 11.2. The van der Waals surface area contributed by atoms with Crippen LogP contribution in [0.4, 0.5) is 17.6 Å². The van der Waals surface area contributed by atoms with E-state index in [0.717, 1.165) is 6.08 Å². The van der Waals surface area contributed by atoms with Crippen molar-refractivity contribution < 1.29 is 34.4 Å². The van der Waals surface area contributed by atoms with Crippen LogP contribution in [0.1, 0.15) is 25.7 Å². The molecule has 0 saturated heterocycles. The third-order valence-corrected chi connectivity index (χ3v) is 9.50. The van der Waals surface area contributed by atoms with Gasteiger partial charge in [0.15, 0.2) is 14.1 Å². The lowest BCUT2D eigenvalue weighted by Crippen LogP contribution is -2.34. The van der Waals surface area contributed by atoms with Crippen LogP contribution in [-0.2, 0) is 19.7 Å². The van der Waals surface area contributed by atoms with Gasteiger partial charge in [-0.2, -0.15) is 13.2 Å². The van der Waals surface area contributed by atoms with Crippen molar-refractivity contribution in [3.05, 3.63) is 44.5 Å². The molecule has 0 heterocycles. The molecule has 3 rings (SSSR count). The van der Waals surface area contributed by atoms with Crippen molar-refractivity contribution in [2.45, 2.75) is 42.6 Å². The van der Waals surface area contributed by atoms with Gasteiger partial charge in [-0.25, -0.2) is 21.2 Å². The third-order valence-electron chi connectivity index (χ3n) is 4.70. The summed E-state index contributed by atoms with van der Waals surface area (Å²) in [6, 6.07) is 6.52. The summed E-state index contributed by atoms with van der Waals surface area (Å²) < 4.78 is 102. The average molecular weight is 424 g/mol. The predicted octanol–water partition coefficient (Wildman–Crippen LogP) is 2.10. The summed E-state index contributed by atoms with van der Waals surface area (Å²) in [7, 11) is -11.0. The van der Waals surface area contributed by atoms with Crippen LogP contribution >= 0.6 is 0 Å². The smallest absolute Gasteiger partial charge is 0.247 e. The van der Waals surface area contributed by atoms with E-state index >= 15 is 0 Å². The quantitative estimate of drug-likeness (QED) is 0.697. The molecular weight excluding hydrogens is 408 g/mol. The Morgan fingerprint density at radius 3 is 2.19 bits per heavy atom. The van der Waals surface area contributed by atoms with Crippen molar-refractivity contribution in [2.24, 2.45) is 0 Å². The van der Waals surface area contributed by atoms with E-state index in [1.54, 1.807) is 24.3 Å². The monoisotopic (exact) mass is 424 g/mol. The molecule has 0 aliphatic heterocycles. The molecule has 1 fully saturated rings. The van der Waals surface area contributed by atoms with E-state index in [-0.39, 0.29) is 19.3 Å². The fourth-order valence-corrected chi connectivity index (χ4v) is 7.70. The highest BCUT2D eigenvalue weighted by molar-refractivity contribution is 8.15. The SMILES string of the molecule is O=S(=O)(/C(=C1\C=c2ccccc2=CC1)S(=O)(=O)C(F)(F)F)C1CCC(F)C1. The number of halogens is 4. The Morgan fingerprint density at radius 2 is 1.63 bits per heavy atom. The number of sulfone groups is 2. The molecule has 0 N–H and O–H groups in total. The molecule has 0 radical (unpaired) electrons. The molecule has 1 aromatic rings. The molecule has 2 unspecified atom stereocenters. The molecule has 10 heteroatoms. The minimum absolute atomic E-state index is 0.128. The predicted molar refractivity (Wildman–Crippen MR) is 92.7 cm³/mol. The summed E-state index contributed by atoms with van der Waals surface area (Å²) in [6.45, 7) is 0. The van der Waals surface area contributed by atoms with Crippen molar-refractivity contribution in [3.8, 4) is 0 Å². The average Bonchev–Trinajstić information content (AvgIpc) is 3.01.